The second-order valence-electron chi connectivity index (χ2n) is 5.36. The average molecular weight is 268 g/mol. The first-order valence-corrected chi connectivity index (χ1v) is 7.15. The Balaban J connectivity index is 1.79. The minimum absolute atomic E-state index is 0.664. The summed E-state index contributed by atoms with van der Waals surface area (Å²) in [4.78, 5) is 11.2. The molecule has 1 N–H and O–H groups in total. The SMILES string of the molecule is Cc1ccc(Nc2nccc(N3CCCC3)n2)cc1C. The van der Waals surface area contributed by atoms with Gasteiger partial charge in [0.15, 0.2) is 0 Å². The van der Waals surface area contributed by atoms with Crippen LogP contribution < -0.4 is 10.2 Å². The number of rotatable bonds is 3. The maximum atomic E-state index is 4.61. The number of nitrogens with one attached hydrogen (secondary N) is 1. The van der Waals surface area contributed by atoms with Gasteiger partial charge in [0.2, 0.25) is 5.95 Å². The Labute approximate surface area is 119 Å². The van der Waals surface area contributed by atoms with Gasteiger partial charge in [-0.25, -0.2) is 4.98 Å². The minimum Gasteiger partial charge on any atom is -0.356 e. The van der Waals surface area contributed by atoms with Crippen LogP contribution in [0.1, 0.15) is 24.0 Å². The van der Waals surface area contributed by atoms with Crippen molar-refractivity contribution in [1.82, 2.24) is 9.97 Å². The molecule has 4 heteroatoms. The van der Waals surface area contributed by atoms with Crippen LogP contribution in [0.15, 0.2) is 30.5 Å². The summed E-state index contributed by atoms with van der Waals surface area (Å²) in [5.74, 6) is 1.68. The Bertz CT molecular complexity index is 603. The molecule has 1 saturated heterocycles. The zero-order valence-electron chi connectivity index (χ0n) is 12.1. The number of nitrogens with zero attached hydrogens (tertiary/aromatic N) is 3. The molecule has 4 nitrogen and oxygen atoms in total. The van der Waals surface area contributed by atoms with Crippen LogP contribution in [0.5, 0.6) is 0 Å². The van der Waals surface area contributed by atoms with E-state index in [1.165, 1.54) is 24.0 Å². The van der Waals surface area contributed by atoms with Gasteiger partial charge in [-0.15, -0.1) is 0 Å². The number of aryl methyl sites for hydroxylation is 2. The molecule has 0 unspecified atom stereocenters. The largest absolute Gasteiger partial charge is 0.356 e. The Morgan fingerprint density at radius 2 is 1.85 bits per heavy atom. The molecule has 1 aliphatic rings. The molecular weight excluding hydrogens is 248 g/mol. The molecule has 2 aromatic rings. The van der Waals surface area contributed by atoms with Crippen LogP contribution in [0.2, 0.25) is 0 Å². The summed E-state index contributed by atoms with van der Waals surface area (Å²) < 4.78 is 0. The summed E-state index contributed by atoms with van der Waals surface area (Å²) in [6, 6.07) is 8.29. The fourth-order valence-corrected chi connectivity index (χ4v) is 2.48. The average Bonchev–Trinajstić information content (AvgIpc) is 2.97. The van der Waals surface area contributed by atoms with E-state index in [9.17, 15) is 0 Å². The van der Waals surface area contributed by atoms with Crippen LogP contribution in [0.3, 0.4) is 0 Å². The Hall–Kier alpha value is -2.10. The highest BCUT2D eigenvalue weighted by Crippen LogP contribution is 2.21. The van der Waals surface area contributed by atoms with E-state index in [1.807, 2.05) is 12.3 Å². The van der Waals surface area contributed by atoms with Crippen molar-refractivity contribution < 1.29 is 0 Å². The second-order valence-corrected chi connectivity index (χ2v) is 5.36. The molecule has 2 heterocycles. The first kappa shape index (κ1) is 12.9. The molecule has 104 valence electrons. The van der Waals surface area contributed by atoms with Gasteiger partial charge < -0.3 is 10.2 Å². The predicted octanol–water partition coefficient (Wildman–Crippen LogP) is 3.44. The van der Waals surface area contributed by atoms with Crippen molar-refractivity contribution >= 4 is 17.5 Å². The van der Waals surface area contributed by atoms with E-state index in [0.717, 1.165) is 24.6 Å². The van der Waals surface area contributed by atoms with Crippen LogP contribution in [0.4, 0.5) is 17.5 Å². The molecule has 0 aliphatic carbocycles. The molecule has 1 aromatic carbocycles. The molecule has 20 heavy (non-hydrogen) atoms. The Morgan fingerprint density at radius 1 is 1.05 bits per heavy atom. The van der Waals surface area contributed by atoms with E-state index in [0.29, 0.717) is 5.95 Å². The fourth-order valence-electron chi connectivity index (χ4n) is 2.48. The van der Waals surface area contributed by atoms with Crippen molar-refractivity contribution in [1.29, 1.82) is 0 Å². The van der Waals surface area contributed by atoms with Crippen LogP contribution in [-0.4, -0.2) is 23.1 Å². The molecule has 1 fully saturated rings. The number of hydrogen-bond donors (Lipinski definition) is 1. The molecule has 0 spiro atoms. The highest BCUT2D eigenvalue weighted by atomic mass is 15.2. The van der Waals surface area contributed by atoms with Gasteiger partial charge in [0.25, 0.3) is 0 Å². The predicted molar refractivity (Wildman–Crippen MR) is 82.7 cm³/mol. The van der Waals surface area contributed by atoms with Gasteiger partial charge in [0, 0.05) is 25.0 Å². The van der Waals surface area contributed by atoms with E-state index >= 15 is 0 Å². The van der Waals surface area contributed by atoms with Gasteiger partial charge in [-0.05, 0) is 56.0 Å². The van der Waals surface area contributed by atoms with Crippen molar-refractivity contribution in [2.24, 2.45) is 0 Å². The van der Waals surface area contributed by atoms with Gasteiger partial charge in [-0.2, -0.15) is 4.98 Å². The highest BCUT2D eigenvalue weighted by Gasteiger charge is 2.14. The molecule has 3 rings (SSSR count). The lowest BCUT2D eigenvalue weighted by atomic mass is 10.1. The van der Waals surface area contributed by atoms with Crippen molar-refractivity contribution in [2.75, 3.05) is 23.3 Å². The van der Waals surface area contributed by atoms with Crippen LogP contribution >= 0.6 is 0 Å². The third kappa shape index (κ3) is 2.74. The van der Waals surface area contributed by atoms with Crippen molar-refractivity contribution in [3.63, 3.8) is 0 Å². The first-order chi connectivity index (χ1) is 9.72. The standard InChI is InChI=1S/C16H20N4/c1-12-5-6-14(11-13(12)2)18-16-17-8-7-15(19-16)20-9-3-4-10-20/h5-8,11H,3-4,9-10H2,1-2H3,(H,17,18,19). The Kier molecular flexibility index (Phi) is 3.54. The number of aromatic nitrogens is 2. The molecule has 0 amide bonds. The lowest BCUT2D eigenvalue weighted by Gasteiger charge is -2.16. The maximum absolute atomic E-state index is 4.61. The quantitative estimate of drug-likeness (QED) is 0.926. The summed E-state index contributed by atoms with van der Waals surface area (Å²) in [5, 5.41) is 3.29. The highest BCUT2D eigenvalue weighted by molar-refractivity contribution is 5.57. The van der Waals surface area contributed by atoms with Gasteiger partial charge in [-0.3, -0.25) is 0 Å². The topological polar surface area (TPSA) is 41.1 Å². The normalized spacial score (nSPS) is 14.6. The van der Waals surface area contributed by atoms with Crippen molar-refractivity contribution in [3.05, 3.63) is 41.6 Å². The zero-order chi connectivity index (χ0) is 13.9. The minimum atomic E-state index is 0.664. The summed E-state index contributed by atoms with van der Waals surface area (Å²) >= 11 is 0. The molecule has 0 atom stereocenters. The van der Waals surface area contributed by atoms with E-state index in [2.05, 4.69) is 52.2 Å². The fraction of sp³-hybridized carbons (Fsp3) is 0.375. The smallest absolute Gasteiger partial charge is 0.229 e. The summed E-state index contributed by atoms with van der Waals surface area (Å²) in [5.41, 5.74) is 3.60. The summed E-state index contributed by atoms with van der Waals surface area (Å²) in [6.07, 6.45) is 4.33. The lowest BCUT2D eigenvalue weighted by molar-refractivity contribution is 0.930. The monoisotopic (exact) mass is 268 g/mol. The first-order valence-electron chi connectivity index (χ1n) is 7.15. The van der Waals surface area contributed by atoms with Crippen LogP contribution in [-0.2, 0) is 0 Å². The number of benzene rings is 1. The van der Waals surface area contributed by atoms with Gasteiger partial charge in [0.1, 0.15) is 5.82 Å². The number of hydrogen-bond acceptors (Lipinski definition) is 4. The van der Waals surface area contributed by atoms with E-state index < -0.39 is 0 Å². The molecule has 1 aliphatic heterocycles. The van der Waals surface area contributed by atoms with Crippen LogP contribution in [0, 0.1) is 13.8 Å². The van der Waals surface area contributed by atoms with E-state index in [4.69, 9.17) is 0 Å². The Morgan fingerprint density at radius 3 is 2.60 bits per heavy atom. The molecule has 0 radical (unpaired) electrons. The van der Waals surface area contributed by atoms with Crippen molar-refractivity contribution in [2.45, 2.75) is 26.7 Å². The maximum Gasteiger partial charge on any atom is 0.229 e. The summed E-state index contributed by atoms with van der Waals surface area (Å²) in [7, 11) is 0. The van der Waals surface area contributed by atoms with Gasteiger partial charge in [-0.1, -0.05) is 6.07 Å². The zero-order valence-corrected chi connectivity index (χ0v) is 12.1. The summed E-state index contributed by atoms with van der Waals surface area (Å²) in [6.45, 7) is 6.42. The van der Waals surface area contributed by atoms with Gasteiger partial charge in [0.05, 0.1) is 0 Å². The lowest BCUT2D eigenvalue weighted by Crippen LogP contribution is -2.19. The second kappa shape index (κ2) is 5.49. The molecule has 1 aromatic heterocycles. The van der Waals surface area contributed by atoms with Crippen LogP contribution in [0.25, 0.3) is 0 Å². The molecule has 0 bridgehead atoms. The van der Waals surface area contributed by atoms with E-state index in [1.54, 1.807) is 0 Å². The third-order valence-corrected chi connectivity index (χ3v) is 3.83. The molecule has 0 saturated carbocycles. The van der Waals surface area contributed by atoms with Crippen molar-refractivity contribution in [3.8, 4) is 0 Å². The number of anilines is 3. The molecular formula is C16H20N4. The van der Waals surface area contributed by atoms with Gasteiger partial charge >= 0.3 is 0 Å². The third-order valence-electron chi connectivity index (χ3n) is 3.83. The van der Waals surface area contributed by atoms with E-state index in [-0.39, 0.29) is 0 Å².